The molecule has 0 aliphatic heterocycles. The zero-order valence-corrected chi connectivity index (χ0v) is 7.67. The van der Waals surface area contributed by atoms with Crippen molar-refractivity contribution in [2.75, 3.05) is 6.26 Å². The van der Waals surface area contributed by atoms with Crippen LogP contribution in [0.3, 0.4) is 0 Å². The van der Waals surface area contributed by atoms with Gasteiger partial charge >= 0.3 is 0 Å². The summed E-state index contributed by atoms with van der Waals surface area (Å²) in [6.45, 7) is 4.09. The summed E-state index contributed by atoms with van der Waals surface area (Å²) in [7, 11) is 0. The Kier molecular flexibility index (Phi) is 3.10. The minimum Gasteiger partial charge on any atom is -0.284 e. The Hall–Kier alpha value is -1.03. The van der Waals surface area contributed by atoms with Crippen LogP contribution in [0.1, 0.15) is 0 Å². The Morgan fingerprint density at radius 3 is 3.17 bits per heavy atom. The van der Waals surface area contributed by atoms with E-state index < -0.39 is 0 Å². The van der Waals surface area contributed by atoms with Crippen molar-refractivity contribution in [2.24, 2.45) is 0 Å². The number of rotatable bonds is 3. The molecule has 0 aliphatic carbocycles. The van der Waals surface area contributed by atoms with Crippen molar-refractivity contribution in [1.82, 2.24) is 9.55 Å². The van der Waals surface area contributed by atoms with Crippen LogP contribution in [-0.2, 0) is 6.54 Å². The van der Waals surface area contributed by atoms with Crippen molar-refractivity contribution in [3.05, 3.63) is 35.3 Å². The van der Waals surface area contributed by atoms with Crippen molar-refractivity contribution < 1.29 is 0 Å². The maximum Gasteiger partial charge on any atom is 0.254 e. The topological polar surface area (TPSA) is 34.9 Å². The van der Waals surface area contributed by atoms with Crippen LogP contribution in [0.25, 0.3) is 0 Å². The number of nitrogens with zero attached hydrogens (tertiary/aromatic N) is 2. The van der Waals surface area contributed by atoms with Crippen LogP contribution >= 0.6 is 11.8 Å². The fourth-order valence-electron chi connectivity index (χ4n) is 0.879. The Morgan fingerprint density at radius 1 is 1.83 bits per heavy atom. The van der Waals surface area contributed by atoms with Crippen LogP contribution < -0.4 is 5.56 Å². The van der Waals surface area contributed by atoms with E-state index in [1.54, 1.807) is 10.6 Å². The van der Waals surface area contributed by atoms with Crippen molar-refractivity contribution in [3.63, 3.8) is 0 Å². The van der Waals surface area contributed by atoms with Gasteiger partial charge in [-0.15, -0.1) is 6.58 Å². The number of hydrogen-bond donors (Lipinski definition) is 0. The minimum absolute atomic E-state index is 0.0331. The summed E-state index contributed by atoms with van der Waals surface area (Å²) >= 11 is 1.45. The van der Waals surface area contributed by atoms with E-state index in [2.05, 4.69) is 11.6 Å². The SMILES string of the molecule is C=CCn1c(SC)nccc1=O. The number of thioether (sulfide) groups is 1. The number of allylic oxidation sites excluding steroid dienone is 1. The first kappa shape index (κ1) is 9.06. The van der Waals surface area contributed by atoms with Gasteiger partial charge in [-0.05, 0) is 6.26 Å². The monoisotopic (exact) mass is 182 g/mol. The first-order valence-corrected chi connectivity index (χ1v) is 4.72. The van der Waals surface area contributed by atoms with Crippen LogP contribution in [0.15, 0.2) is 34.9 Å². The first-order valence-electron chi connectivity index (χ1n) is 3.50. The molecule has 3 nitrogen and oxygen atoms in total. The van der Waals surface area contributed by atoms with Gasteiger partial charge in [-0.2, -0.15) is 0 Å². The summed E-state index contributed by atoms with van der Waals surface area (Å²) in [5.41, 5.74) is -0.0331. The molecule has 0 atom stereocenters. The second-order valence-electron chi connectivity index (χ2n) is 2.17. The van der Waals surface area contributed by atoms with Crippen LogP contribution in [0, 0.1) is 0 Å². The summed E-state index contributed by atoms with van der Waals surface area (Å²) in [5.74, 6) is 0. The summed E-state index contributed by atoms with van der Waals surface area (Å²) in [6.07, 6.45) is 5.10. The van der Waals surface area contributed by atoms with Gasteiger partial charge in [0.2, 0.25) is 0 Å². The Labute approximate surface area is 75.1 Å². The molecule has 0 unspecified atom stereocenters. The Morgan fingerprint density at radius 2 is 2.58 bits per heavy atom. The highest BCUT2D eigenvalue weighted by Gasteiger charge is 2.00. The van der Waals surface area contributed by atoms with Crippen molar-refractivity contribution >= 4 is 11.8 Å². The van der Waals surface area contributed by atoms with Crippen molar-refractivity contribution in [2.45, 2.75) is 11.7 Å². The maximum absolute atomic E-state index is 11.3. The molecule has 1 heterocycles. The standard InChI is InChI=1S/C8H10N2OS/c1-3-6-10-7(11)4-5-9-8(10)12-2/h3-5H,1,6H2,2H3. The van der Waals surface area contributed by atoms with E-state index in [0.717, 1.165) is 5.16 Å². The highest BCUT2D eigenvalue weighted by atomic mass is 32.2. The first-order chi connectivity index (χ1) is 5.79. The van der Waals surface area contributed by atoms with Gasteiger partial charge in [0.05, 0.1) is 0 Å². The lowest BCUT2D eigenvalue weighted by molar-refractivity contribution is 0.658. The smallest absolute Gasteiger partial charge is 0.254 e. The van der Waals surface area contributed by atoms with Gasteiger partial charge in [0, 0.05) is 18.8 Å². The van der Waals surface area contributed by atoms with E-state index in [0.29, 0.717) is 6.54 Å². The van der Waals surface area contributed by atoms with Crippen molar-refractivity contribution in [1.29, 1.82) is 0 Å². The lowest BCUT2D eigenvalue weighted by atomic mass is 10.5. The van der Waals surface area contributed by atoms with E-state index in [-0.39, 0.29) is 5.56 Å². The fourth-order valence-corrected chi connectivity index (χ4v) is 1.43. The molecule has 64 valence electrons. The molecule has 12 heavy (non-hydrogen) atoms. The van der Waals surface area contributed by atoms with Crippen LogP contribution in [0.5, 0.6) is 0 Å². The molecule has 0 radical (unpaired) electrons. The Bertz CT molecular complexity index is 332. The molecule has 1 rings (SSSR count). The average Bonchev–Trinajstić information content (AvgIpc) is 2.09. The lowest BCUT2D eigenvalue weighted by Gasteiger charge is -2.05. The van der Waals surface area contributed by atoms with E-state index in [4.69, 9.17) is 0 Å². The predicted molar refractivity (Wildman–Crippen MR) is 50.5 cm³/mol. The van der Waals surface area contributed by atoms with Crippen LogP contribution in [0.4, 0.5) is 0 Å². The molecule has 0 saturated heterocycles. The molecule has 4 heteroatoms. The van der Waals surface area contributed by atoms with Gasteiger partial charge in [0.25, 0.3) is 5.56 Å². The molecule has 0 amide bonds. The zero-order chi connectivity index (χ0) is 8.97. The second kappa shape index (κ2) is 4.11. The van der Waals surface area contributed by atoms with E-state index in [1.807, 2.05) is 6.26 Å². The van der Waals surface area contributed by atoms with Crippen LogP contribution in [0.2, 0.25) is 0 Å². The molecule has 0 spiro atoms. The fraction of sp³-hybridized carbons (Fsp3) is 0.250. The summed E-state index contributed by atoms with van der Waals surface area (Å²) in [6, 6.07) is 1.45. The Balaban J connectivity index is 3.19. The third-order valence-electron chi connectivity index (χ3n) is 1.39. The highest BCUT2D eigenvalue weighted by Crippen LogP contribution is 2.07. The highest BCUT2D eigenvalue weighted by molar-refractivity contribution is 7.98. The third-order valence-corrected chi connectivity index (χ3v) is 2.08. The maximum atomic E-state index is 11.3. The van der Waals surface area contributed by atoms with E-state index in [1.165, 1.54) is 24.0 Å². The normalized spacial score (nSPS) is 9.75. The summed E-state index contributed by atoms with van der Waals surface area (Å²) < 4.78 is 1.58. The number of aromatic nitrogens is 2. The van der Waals surface area contributed by atoms with E-state index >= 15 is 0 Å². The molecule has 0 aromatic carbocycles. The number of hydrogen-bond acceptors (Lipinski definition) is 3. The van der Waals surface area contributed by atoms with Gasteiger partial charge in [-0.25, -0.2) is 4.98 Å². The molecule has 1 aromatic heterocycles. The van der Waals surface area contributed by atoms with Gasteiger partial charge in [0.1, 0.15) is 0 Å². The molecule has 0 fully saturated rings. The zero-order valence-electron chi connectivity index (χ0n) is 6.86. The van der Waals surface area contributed by atoms with E-state index in [9.17, 15) is 4.79 Å². The summed E-state index contributed by atoms with van der Waals surface area (Å²) in [5, 5.41) is 0.724. The molecule has 0 bridgehead atoms. The molecule has 0 aliphatic rings. The van der Waals surface area contributed by atoms with Gasteiger partial charge in [-0.1, -0.05) is 17.8 Å². The van der Waals surface area contributed by atoms with Gasteiger partial charge < -0.3 is 0 Å². The molecule has 1 aromatic rings. The largest absolute Gasteiger partial charge is 0.284 e. The third kappa shape index (κ3) is 1.76. The predicted octanol–water partition coefficient (Wildman–Crippen LogP) is 1.15. The second-order valence-corrected chi connectivity index (χ2v) is 2.94. The van der Waals surface area contributed by atoms with Gasteiger partial charge in [0.15, 0.2) is 5.16 Å². The minimum atomic E-state index is -0.0331. The quantitative estimate of drug-likeness (QED) is 0.399. The lowest BCUT2D eigenvalue weighted by Crippen LogP contribution is -2.20. The molecule has 0 N–H and O–H groups in total. The molecular weight excluding hydrogens is 172 g/mol. The summed E-state index contributed by atoms with van der Waals surface area (Å²) in [4.78, 5) is 15.3. The van der Waals surface area contributed by atoms with Crippen molar-refractivity contribution in [3.8, 4) is 0 Å². The average molecular weight is 182 g/mol. The van der Waals surface area contributed by atoms with Crippen LogP contribution in [-0.4, -0.2) is 15.8 Å². The molecular formula is C8H10N2OS. The van der Waals surface area contributed by atoms with Gasteiger partial charge in [-0.3, -0.25) is 9.36 Å². The molecule has 0 saturated carbocycles.